The van der Waals surface area contributed by atoms with Crippen molar-refractivity contribution in [2.24, 2.45) is 0 Å². The first kappa shape index (κ1) is 16.8. The Labute approximate surface area is 148 Å². The van der Waals surface area contributed by atoms with Crippen LogP contribution in [0.25, 0.3) is 17.1 Å². The van der Waals surface area contributed by atoms with Crippen LogP contribution in [0.4, 0.5) is 5.69 Å². The van der Waals surface area contributed by atoms with Gasteiger partial charge in [-0.25, -0.2) is 0 Å². The molecule has 4 heteroatoms. The van der Waals surface area contributed by atoms with E-state index in [1.54, 1.807) is 19.1 Å². The van der Waals surface area contributed by atoms with Crippen LogP contribution in [-0.2, 0) is 14.3 Å². The Morgan fingerprint density at radius 3 is 2.48 bits per heavy atom. The van der Waals surface area contributed by atoms with Gasteiger partial charge < -0.3 is 14.4 Å². The van der Waals surface area contributed by atoms with Crippen LogP contribution >= 0.6 is 0 Å². The van der Waals surface area contributed by atoms with Crippen LogP contribution in [0.3, 0.4) is 0 Å². The normalized spacial score (nSPS) is 15.0. The quantitative estimate of drug-likeness (QED) is 0.608. The Morgan fingerprint density at radius 1 is 1.12 bits per heavy atom. The maximum Gasteiger partial charge on any atom is 0.262 e. The summed E-state index contributed by atoms with van der Waals surface area (Å²) in [5.41, 5.74) is 4.00. The van der Waals surface area contributed by atoms with E-state index in [2.05, 4.69) is 6.58 Å². The molecule has 1 aliphatic heterocycles. The minimum atomic E-state index is -0.0810. The molecule has 0 atom stereocenters. The molecule has 128 valence electrons. The average Bonchev–Trinajstić information content (AvgIpc) is 2.90. The number of carbonyl (C=O) groups is 1. The van der Waals surface area contributed by atoms with Crippen molar-refractivity contribution >= 4 is 28.7 Å². The molecule has 0 fully saturated rings. The Balaban J connectivity index is 2.21. The zero-order valence-electron chi connectivity index (χ0n) is 14.7. The Bertz CT molecular complexity index is 853. The zero-order valence-corrected chi connectivity index (χ0v) is 14.7. The number of fused-ring (bicyclic) bond motifs is 1. The maximum atomic E-state index is 12.9. The first-order valence-electron chi connectivity index (χ1n) is 8.16. The van der Waals surface area contributed by atoms with Crippen LogP contribution in [0.5, 0.6) is 0 Å². The molecule has 0 bridgehead atoms. The van der Waals surface area contributed by atoms with Crippen LogP contribution in [0.2, 0.25) is 0 Å². The van der Waals surface area contributed by atoms with Gasteiger partial charge in [0.1, 0.15) is 11.5 Å². The third kappa shape index (κ3) is 2.91. The van der Waals surface area contributed by atoms with Crippen LogP contribution in [0.1, 0.15) is 23.6 Å². The summed E-state index contributed by atoms with van der Waals surface area (Å²) < 4.78 is 11.1. The van der Waals surface area contributed by atoms with E-state index >= 15 is 0 Å². The molecule has 4 nitrogen and oxygen atoms in total. The smallest absolute Gasteiger partial charge is 0.262 e. The number of benzene rings is 2. The summed E-state index contributed by atoms with van der Waals surface area (Å²) in [5.74, 6) is 1.09. The van der Waals surface area contributed by atoms with Crippen LogP contribution < -0.4 is 4.90 Å². The van der Waals surface area contributed by atoms with Gasteiger partial charge in [-0.3, -0.25) is 4.79 Å². The summed E-state index contributed by atoms with van der Waals surface area (Å²) in [4.78, 5) is 14.6. The van der Waals surface area contributed by atoms with Gasteiger partial charge in [-0.1, -0.05) is 49.0 Å². The van der Waals surface area contributed by atoms with Gasteiger partial charge in [0.15, 0.2) is 0 Å². The number of amides is 1. The number of carbonyl (C=O) groups excluding carboxylic acids is 1. The lowest BCUT2D eigenvalue weighted by atomic mass is 10.0. The fraction of sp³-hybridized carbons (Fsp3) is 0.190. The highest BCUT2D eigenvalue weighted by Crippen LogP contribution is 2.41. The molecule has 0 aliphatic carbocycles. The fourth-order valence-electron chi connectivity index (χ4n) is 2.96. The summed E-state index contributed by atoms with van der Waals surface area (Å²) in [5, 5.41) is 0. The number of hydrogen-bond acceptors (Lipinski definition) is 3. The van der Waals surface area contributed by atoms with Gasteiger partial charge in [-0.2, -0.15) is 0 Å². The van der Waals surface area contributed by atoms with Crippen LogP contribution in [0, 0.1) is 0 Å². The molecular formula is C21H21NO3. The van der Waals surface area contributed by atoms with Crippen LogP contribution in [-0.4, -0.2) is 26.7 Å². The molecule has 1 heterocycles. The Kier molecular flexibility index (Phi) is 4.61. The molecule has 25 heavy (non-hydrogen) atoms. The number of ether oxygens (including phenoxy) is 2. The van der Waals surface area contributed by atoms with Gasteiger partial charge in [-0.15, -0.1) is 0 Å². The van der Waals surface area contributed by atoms with Crippen molar-refractivity contribution in [1.29, 1.82) is 0 Å². The van der Waals surface area contributed by atoms with E-state index in [0.717, 1.165) is 22.4 Å². The van der Waals surface area contributed by atoms with Crippen molar-refractivity contribution in [3.63, 3.8) is 0 Å². The molecule has 3 rings (SSSR count). The molecule has 0 unspecified atom stereocenters. The summed E-state index contributed by atoms with van der Waals surface area (Å²) in [7, 11) is 3.35. The Hall–Kier alpha value is -3.01. The molecule has 0 N–H and O–H groups in total. The van der Waals surface area contributed by atoms with E-state index in [4.69, 9.17) is 9.47 Å². The van der Waals surface area contributed by atoms with Gasteiger partial charge in [0.25, 0.3) is 5.91 Å². The van der Waals surface area contributed by atoms with E-state index in [0.29, 0.717) is 23.7 Å². The average molecular weight is 335 g/mol. The molecule has 2 aromatic rings. The maximum absolute atomic E-state index is 12.9. The van der Waals surface area contributed by atoms with E-state index < -0.39 is 0 Å². The predicted octanol–water partition coefficient (Wildman–Crippen LogP) is 4.18. The second kappa shape index (κ2) is 6.85. The van der Waals surface area contributed by atoms with E-state index in [9.17, 15) is 4.79 Å². The third-order valence-corrected chi connectivity index (χ3v) is 4.27. The molecule has 0 aromatic heterocycles. The largest absolute Gasteiger partial charge is 0.497 e. The highest BCUT2D eigenvalue weighted by molar-refractivity contribution is 6.37. The van der Waals surface area contributed by atoms with Gasteiger partial charge in [0, 0.05) is 23.7 Å². The predicted molar refractivity (Wildman–Crippen MR) is 101 cm³/mol. The molecule has 0 saturated heterocycles. The highest BCUT2D eigenvalue weighted by atomic mass is 16.5. The summed E-state index contributed by atoms with van der Waals surface area (Å²) >= 11 is 0. The van der Waals surface area contributed by atoms with Crippen molar-refractivity contribution < 1.29 is 14.3 Å². The molecule has 0 spiro atoms. The number of hydrogen-bond donors (Lipinski definition) is 0. The lowest BCUT2D eigenvalue weighted by Crippen LogP contribution is -2.21. The zero-order chi connectivity index (χ0) is 18.0. The van der Waals surface area contributed by atoms with E-state index in [1.165, 1.54) is 0 Å². The SMILES string of the molecule is C=C(OC)c1ccc2c(c1)N(C)C(=O)/C2=C(/OCC)c1ccccc1. The van der Waals surface area contributed by atoms with Gasteiger partial charge in [0.2, 0.25) is 0 Å². The van der Waals surface area contributed by atoms with Crippen molar-refractivity contribution in [1.82, 2.24) is 0 Å². The van der Waals surface area contributed by atoms with Gasteiger partial charge >= 0.3 is 0 Å². The summed E-state index contributed by atoms with van der Waals surface area (Å²) in [6.45, 7) is 6.28. The van der Waals surface area contributed by atoms with Crippen LogP contribution in [0.15, 0.2) is 55.1 Å². The Morgan fingerprint density at radius 2 is 1.84 bits per heavy atom. The van der Waals surface area contributed by atoms with E-state index in [1.807, 2.05) is 55.5 Å². The molecule has 0 saturated carbocycles. The number of nitrogens with zero attached hydrogens (tertiary/aromatic N) is 1. The number of anilines is 1. The van der Waals surface area contributed by atoms with Gasteiger partial charge in [0.05, 0.1) is 25.0 Å². The second-order valence-corrected chi connectivity index (χ2v) is 5.73. The first-order chi connectivity index (χ1) is 12.1. The van der Waals surface area contributed by atoms with Crippen molar-refractivity contribution in [2.45, 2.75) is 6.92 Å². The number of rotatable bonds is 5. The highest BCUT2D eigenvalue weighted by Gasteiger charge is 2.34. The molecule has 1 aliphatic rings. The topological polar surface area (TPSA) is 38.8 Å². The molecule has 0 radical (unpaired) electrons. The second-order valence-electron chi connectivity index (χ2n) is 5.73. The minimum absolute atomic E-state index is 0.0810. The fourth-order valence-corrected chi connectivity index (χ4v) is 2.96. The number of methoxy groups -OCH3 is 1. The van der Waals surface area contributed by atoms with Crippen molar-refractivity contribution in [3.05, 3.63) is 71.8 Å². The first-order valence-corrected chi connectivity index (χ1v) is 8.16. The van der Waals surface area contributed by atoms with Crippen molar-refractivity contribution in [3.8, 4) is 0 Å². The lowest BCUT2D eigenvalue weighted by molar-refractivity contribution is -0.112. The monoisotopic (exact) mass is 335 g/mol. The molecule has 1 amide bonds. The molecule has 2 aromatic carbocycles. The molecular weight excluding hydrogens is 314 g/mol. The summed E-state index contributed by atoms with van der Waals surface area (Å²) in [6, 6.07) is 15.5. The van der Waals surface area contributed by atoms with E-state index in [-0.39, 0.29) is 5.91 Å². The minimum Gasteiger partial charge on any atom is -0.497 e. The third-order valence-electron chi connectivity index (χ3n) is 4.27. The van der Waals surface area contributed by atoms with Gasteiger partial charge in [-0.05, 0) is 13.0 Å². The van der Waals surface area contributed by atoms with Crippen molar-refractivity contribution in [2.75, 3.05) is 25.7 Å². The number of likely N-dealkylation sites (N-methyl/N-ethyl adjacent to an activating group) is 1. The lowest BCUT2D eigenvalue weighted by Gasteiger charge is -2.12. The summed E-state index contributed by atoms with van der Waals surface area (Å²) in [6.07, 6.45) is 0. The standard InChI is InChI=1S/C21H21NO3/c1-5-25-20(15-9-7-6-8-10-15)19-17-12-11-16(14(2)24-4)13-18(17)22(3)21(19)23/h6-13H,2,5H2,1,3-4H3/b20-19+.